The van der Waals surface area contributed by atoms with Gasteiger partial charge in [0.2, 0.25) is 5.76 Å². The van der Waals surface area contributed by atoms with E-state index in [9.17, 15) is 4.79 Å². The van der Waals surface area contributed by atoms with Gasteiger partial charge >= 0.3 is 0 Å². The molecule has 1 aromatic carbocycles. The average molecular weight is 259 g/mol. The monoisotopic (exact) mass is 259 g/mol. The lowest BCUT2D eigenvalue weighted by atomic mass is 10.1. The molecular weight excluding hydrogens is 242 g/mol. The van der Waals surface area contributed by atoms with Gasteiger partial charge in [0.15, 0.2) is 0 Å². The molecule has 5 heteroatoms. The van der Waals surface area contributed by atoms with Crippen molar-refractivity contribution in [2.24, 2.45) is 0 Å². The molecule has 0 fully saturated rings. The predicted octanol–water partition coefficient (Wildman–Crippen LogP) is 2.52. The highest BCUT2D eigenvalue weighted by Crippen LogP contribution is 2.22. The quantitative estimate of drug-likeness (QED) is 0.885. The van der Waals surface area contributed by atoms with Crippen molar-refractivity contribution in [1.29, 1.82) is 0 Å². The summed E-state index contributed by atoms with van der Waals surface area (Å²) < 4.78 is 4.95. The molecule has 1 aromatic heterocycles. The van der Waals surface area contributed by atoms with Crippen LogP contribution in [0, 0.1) is 6.92 Å². The molecule has 0 spiro atoms. The number of amides is 1. The van der Waals surface area contributed by atoms with Gasteiger partial charge in [-0.25, -0.2) is 0 Å². The normalized spacial score (nSPS) is 12.2. The first-order valence-electron chi connectivity index (χ1n) is 6.12. The Kier molecular flexibility index (Phi) is 3.97. The van der Waals surface area contributed by atoms with Crippen molar-refractivity contribution in [3.63, 3.8) is 0 Å². The number of anilines is 1. The highest BCUT2D eigenvalue weighted by Gasteiger charge is 2.15. The second-order valence-corrected chi connectivity index (χ2v) is 4.38. The molecule has 5 nitrogen and oxygen atoms in total. The Morgan fingerprint density at radius 1 is 1.37 bits per heavy atom. The van der Waals surface area contributed by atoms with Crippen molar-refractivity contribution in [2.75, 3.05) is 12.4 Å². The number of hydrogen-bond donors (Lipinski definition) is 2. The fourth-order valence-electron chi connectivity index (χ4n) is 1.80. The number of aryl methyl sites for hydroxylation is 1. The van der Waals surface area contributed by atoms with Crippen LogP contribution in [0.3, 0.4) is 0 Å². The minimum Gasteiger partial charge on any atom is -0.351 e. The van der Waals surface area contributed by atoms with E-state index in [1.807, 2.05) is 38.2 Å². The number of benzene rings is 1. The smallest absolute Gasteiger partial charge is 0.294 e. The number of hydrogen-bond acceptors (Lipinski definition) is 4. The third-order valence-electron chi connectivity index (χ3n) is 2.96. The summed E-state index contributed by atoms with van der Waals surface area (Å²) in [6, 6.07) is 9.42. The molecule has 0 aliphatic carbocycles. The second kappa shape index (κ2) is 5.67. The minimum atomic E-state index is -0.295. The van der Waals surface area contributed by atoms with Crippen LogP contribution < -0.4 is 10.6 Å². The summed E-state index contributed by atoms with van der Waals surface area (Å²) in [5, 5.41) is 9.70. The first kappa shape index (κ1) is 13.3. The molecule has 0 bridgehead atoms. The fraction of sp³-hybridized carbons (Fsp3) is 0.286. The molecule has 2 rings (SSSR count). The zero-order chi connectivity index (χ0) is 13.8. The lowest BCUT2D eigenvalue weighted by molar-refractivity contribution is 0.0987. The Bertz CT molecular complexity index is 578. The summed E-state index contributed by atoms with van der Waals surface area (Å²) in [5.74, 6) is -0.0826. The summed E-state index contributed by atoms with van der Waals surface area (Å²) in [7, 11) is 1.88. The number of carbonyl (C=O) groups excluding carboxylic acids is 1. The summed E-state index contributed by atoms with van der Waals surface area (Å²) in [6.45, 7) is 3.81. The summed E-state index contributed by atoms with van der Waals surface area (Å²) in [4.78, 5) is 12.0. The standard InChI is InChI=1S/C14H17N3O2/c1-9-8-13(19-17-9)14(18)16-12-7-5-4-6-11(12)10(2)15-3/h4-8,10,15H,1-3H3,(H,16,18). The molecule has 2 aromatic rings. The number of aromatic nitrogens is 1. The first-order chi connectivity index (χ1) is 9.11. The Morgan fingerprint density at radius 3 is 2.74 bits per heavy atom. The molecule has 1 atom stereocenters. The van der Waals surface area contributed by atoms with E-state index in [1.54, 1.807) is 13.0 Å². The number of nitrogens with zero attached hydrogens (tertiary/aromatic N) is 1. The van der Waals surface area contributed by atoms with Crippen molar-refractivity contribution in [2.45, 2.75) is 19.9 Å². The molecular formula is C14H17N3O2. The van der Waals surface area contributed by atoms with Crippen LogP contribution in [0.5, 0.6) is 0 Å². The Labute approximate surface area is 112 Å². The van der Waals surface area contributed by atoms with Crippen LogP contribution in [0.15, 0.2) is 34.9 Å². The third-order valence-corrected chi connectivity index (χ3v) is 2.96. The second-order valence-electron chi connectivity index (χ2n) is 4.38. The topological polar surface area (TPSA) is 67.2 Å². The maximum atomic E-state index is 12.0. The molecule has 19 heavy (non-hydrogen) atoms. The van der Waals surface area contributed by atoms with Crippen molar-refractivity contribution in [3.8, 4) is 0 Å². The van der Waals surface area contributed by atoms with Gasteiger partial charge < -0.3 is 15.2 Å². The van der Waals surface area contributed by atoms with Gasteiger partial charge in [-0.1, -0.05) is 23.4 Å². The Balaban J connectivity index is 2.21. The van der Waals surface area contributed by atoms with Gasteiger partial charge in [-0.05, 0) is 32.5 Å². The highest BCUT2D eigenvalue weighted by molar-refractivity contribution is 6.02. The van der Waals surface area contributed by atoms with Gasteiger partial charge in [0, 0.05) is 17.8 Å². The van der Waals surface area contributed by atoms with E-state index in [0.29, 0.717) is 5.69 Å². The van der Waals surface area contributed by atoms with Crippen LogP contribution in [-0.2, 0) is 0 Å². The zero-order valence-electron chi connectivity index (χ0n) is 11.2. The molecule has 100 valence electrons. The molecule has 0 radical (unpaired) electrons. The zero-order valence-corrected chi connectivity index (χ0v) is 11.2. The van der Waals surface area contributed by atoms with E-state index in [-0.39, 0.29) is 17.7 Å². The first-order valence-corrected chi connectivity index (χ1v) is 6.12. The molecule has 1 amide bonds. The molecule has 0 aliphatic heterocycles. The van der Waals surface area contributed by atoms with E-state index in [2.05, 4.69) is 15.8 Å². The van der Waals surface area contributed by atoms with Crippen LogP contribution in [0.25, 0.3) is 0 Å². The van der Waals surface area contributed by atoms with Crippen molar-refractivity contribution >= 4 is 11.6 Å². The van der Waals surface area contributed by atoms with Gasteiger partial charge in [-0.2, -0.15) is 0 Å². The third kappa shape index (κ3) is 3.00. The van der Waals surface area contributed by atoms with E-state index in [1.165, 1.54) is 0 Å². The number of carbonyl (C=O) groups is 1. The van der Waals surface area contributed by atoms with Gasteiger partial charge in [-0.3, -0.25) is 4.79 Å². The van der Waals surface area contributed by atoms with Gasteiger partial charge in [-0.15, -0.1) is 0 Å². The van der Waals surface area contributed by atoms with E-state index < -0.39 is 0 Å². The molecule has 1 unspecified atom stereocenters. The summed E-state index contributed by atoms with van der Waals surface area (Å²) in [6.07, 6.45) is 0. The van der Waals surface area contributed by atoms with E-state index in [4.69, 9.17) is 4.52 Å². The molecule has 0 saturated carbocycles. The molecule has 0 aliphatic rings. The van der Waals surface area contributed by atoms with Gasteiger partial charge in [0.25, 0.3) is 5.91 Å². The van der Waals surface area contributed by atoms with E-state index in [0.717, 1.165) is 11.3 Å². The van der Waals surface area contributed by atoms with Gasteiger partial charge in [0.05, 0.1) is 5.69 Å². The Morgan fingerprint density at radius 2 is 2.11 bits per heavy atom. The maximum Gasteiger partial charge on any atom is 0.294 e. The molecule has 1 heterocycles. The summed E-state index contributed by atoms with van der Waals surface area (Å²) in [5.41, 5.74) is 2.47. The van der Waals surface area contributed by atoms with Crippen LogP contribution in [0.1, 0.15) is 34.8 Å². The Hall–Kier alpha value is -2.14. The van der Waals surface area contributed by atoms with Crippen molar-refractivity contribution in [3.05, 3.63) is 47.3 Å². The maximum absolute atomic E-state index is 12.0. The van der Waals surface area contributed by atoms with Crippen molar-refractivity contribution < 1.29 is 9.32 Å². The van der Waals surface area contributed by atoms with Gasteiger partial charge in [0.1, 0.15) is 0 Å². The SMILES string of the molecule is CNC(C)c1ccccc1NC(=O)c1cc(C)no1. The lowest BCUT2D eigenvalue weighted by Gasteiger charge is -2.15. The van der Waals surface area contributed by atoms with Crippen LogP contribution in [0.2, 0.25) is 0 Å². The molecule has 2 N–H and O–H groups in total. The predicted molar refractivity (Wildman–Crippen MR) is 73.1 cm³/mol. The van der Waals surface area contributed by atoms with E-state index >= 15 is 0 Å². The summed E-state index contributed by atoms with van der Waals surface area (Å²) >= 11 is 0. The number of para-hydroxylation sites is 1. The minimum absolute atomic E-state index is 0.146. The largest absolute Gasteiger partial charge is 0.351 e. The fourth-order valence-corrected chi connectivity index (χ4v) is 1.80. The van der Waals surface area contributed by atoms with Crippen LogP contribution >= 0.6 is 0 Å². The van der Waals surface area contributed by atoms with Crippen LogP contribution in [0.4, 0.5) is 5.69 Å². The van der Waals surface area contributed by atoms with Crippen molar-refractivity contribution in [1.82, 2.24) is 10.5 Å². The molecule has 0 saturated heterocycles. The highest BCUT2D eigenvalue weighted by atomic mass is 16.5. The number of nitrogens with one attached hydrogen (secondary N) is 2. The average Bonchev–Trinajstić information content (AvgIpc) is 2.85. The lowest BCUT2D eigenvalue weighted by Crippen LogP contribution is -2.17. The van der Waals surface area contributed by atoms with Crippen LogP contribution in [-0.4, -0.2) is 18.1 Å². The number of rotatable bonds is 4.